The number of aromatic nitrogens is 2. The Morgan fingerprint density at radius 3 is 3.07 bits per heavy atom. The number of anilines is 1. The molecule has 0 unspecified atom stereocenters. The predicted octanol–water partition coefficient (Wildman–Crippen LogP) is 1.87. The van der Waals surface area contributed by atoms with Crippen LogP contribution in [-0.4, -0.2) is 10.1 Å². The van der Waals surface area contributed by atoms with E-state index in [1.807, 2.05) is 0 Å². The molecular weight excluding hydrogens is 198 g/mol. The third kappa shape index (κ3) is 1.13. The topological polar surface area (TPSA) is 64.9 Å². The number of nitrogens with two attached hydrogens (primary N) is 1. The molecule has 72 valence electrons. The predicted molar refractivity (Wildman–Crippen MR) is 54.0 cm³/mol. The Morgan fingerprint density at radius 2 is 2.36 bits per heavy atom. The van der Waals surface area contributed by atoms with E-state index in [0.29, 0.717) is 5.89 Å². The molecule has 0 aromatic carbocycles. The summed E-state index contributed by atoms with van der Waals surface area (Å²) in [5.74, 6) is 0.746. The van der Waals surface area contributed by atoms with Crippen LogP contribution in [0.2, 0.25) is 0 Å². The minimum Gasteiger partial charge on any atom is -0.365 e. The van der Waals surface area contributed by atoms with E-state index in [1.165, 1.54) is 29.7 Å². The van der Waals surface area contributed by atoms with Gasteiger partial charge in [0, 0.05) is 4.88 Å². The summed E-state index contributed by atoms with van der Waals surface area (Å²) in [6, 6.07) is 2.14. The van der Waals surface area contributed by atoms with Crippen LogP contribution in [0.3, 0.4) is 0 Å². The Morgan fingerprint density at radius 1 is 1.43 bits per heavy atom. The van der Waals surface area contributed by atoms with Crippen LogP contribution >= 0.6 is 11.3 Å². The normalized spacial score (nSPS) is 14.6. The zero-order valence-electron chi connectivity index (χ0n) is 7.49. The van der Waals surface area contributed by atoms with Gasteiger partial charge in [-0.2, -0.15) is 4.98 Å². The first-order chi connectivity index (χ1) is 6.83. The number of hydrogen-bond donors (Lipinski definition) is 1. The number of rotatable bonds is 1. The lowest BCUT2D eigenvalue weighted by molar-refractivity contribution is 0.434. The smallest absolute Gasteiger partial charge is 0.269 e. The Kier molecular flexibility index (Phi) is 1.61. The first-order valence-electron chi connectivity index (χ1n) is 4.54. The van der Waals surface area contributed by atoms with Gasteiger partial charge in [0.1, 0.15) is 0 Å². The zero-order chi connectivity index (χ0) is 9.54. The van der Waals surface area contributed by atoms with Crippen LogP contribution in [0.25, 0.3) is 10.8 Å². The molecule has 4 nitrogen and oxygen atoms in total. The van der Waals surface area contributed by atoms with E-state index in [4.69, 9.17) is 10.3 Å². The second kappa shape index (κ2) is 2.81. The number of thiophene rings is 1. The molecule has 1 aliphatic rings. The van der Waals surface area contributed by atoms with Crippen LogP contribution in [-0.2, 0) is 12.8 Å². The highest BCUT2D eigenvalue weighted by molar-refractivity contribution is 7.15. The molecule has 2 heterocycles. The highest BCUT2D eigenvalue weighted by Gasteiger charge is 2.18. The number of aryl methyl sites for hydroxylation is 2. The standard InChI is InChI=1S/C9H9N3OS/c10-9-11-8(13-12-9)7-4-5-2-1-3-6(5)14-7/h4H,1-3H2,(H2,10,12). The monoisotopic (exact) mass is 207 g/mol. The van der Waals surface area contributed by atoms with Crippen molar-refractivity contribution in [2.75, 3.05) is 5.73 Å². The Labute approximate surface area is 84.7 Å². The summed E-state index contributed by atoms with van der Waals surface area (Å²) >= 11 is 1.74. The third-order valence-corrected chi connectivity index (χ3v) is 3.62. The van der Waals surface area contributed by atoms with E-state index in [9.17, 15) is 0 Å². The molecule has 0 amide bonds. The number of nitrogen functional groups attached to an aromatic ring is 1. The SMILES string of the molecule is Nc1noc(-c2cc3c(s2)CCC3)n1. The molecule has 0 atom stereocenters. The minimum absolute atomic E-state index is 0.202. The van der Waals surface area contributed by atoms with Crippen molar-refractivity contribution in [3.05, 3.63) is 16.5 Å². The molecule has 0 fully saturated rings. The van der Waals surface area contributed by atoms with Crippen LogP contribution in [0, 0.1) is 0 Å². The molecule has 0 saturated carbocycles. The maximum absolute atomic E-state index is 5.40. The fourth-order valence-corrected chi connectivity index (χ4v) is 2.94. The van der Waals surface area contributed by atoms with Crippen molar-refractivity contribution in [2.45, 2.75) is 19.3 Å². The molecule has 2 N–H and O–H groups in total. The van der Waals surface area contributed by atoms with E-state index in [-0.39, 0.29) is 5.95 Å². The highest BCUT2D eigenvalue weighted by atomic mass is 32.1. The summed E-state index contributed by atoms with van der Waals surface area (Å²) in [7, 11) is 0. The summed E-state index contributed by atoms with van der Waals surface area (Å²) in [5.41, 5.74) is 6.83. The van der Waals surface area contributed by atoms with Crippen LogP contribution in [0.15, 0.2) is 10.6 Å². The van der Waals surface area contributed by atoms with E-state index in [1.54, 1.807) is 11.3 Å². The second-order valence-corrected chi connectivity index (χ2v) is 4.51. The maximum Gasteiger partial charge on any atom is 0.269 e. The third-order valence-electron chi connectivity index (χ3n) is 2.40. The van der Waals surface area contributed by atoms with E-state index in [2.05, 4.69) is 16.2 Å². The average molecular weight is 207 g/mol. The van der Waals surface area contributed by atoms with Crippen molar-refractivity contribution in [3.8, 4) is 10.8 Å². The van der Waals surface area contributed by atoms with Crippen LogP contribution in [0.5, 0.6) is 0 Å². The van der Waals surface area contributed by atoms with Gasteiger partial charge in [-0.25, -0.2) is 0 Å². The van der Waals surface area contributed by atoms with Crippen molar-refractivity contribution in [2.24, 2.45) is 0 Å². The molecule has 2 aromatic heterocycles. The summed E-state index contributed by atoms with van der Waals surface area (Å²) < 4.78 is 5.01. The fraction of sp³-hybridized carbons (Fsp3) is 0.333. The van der Waals surface area contributed by atoms with Gasteiger partial charge in [-0.15, -0.1) is 11.3 Å². The van der Waals surface area contributed by atoms with E-state index < -0.39 is 0 Å². The largest absolute Gasteiger partial charge is 0.365 e. The lowest BCUT2D eigenvalue weighted by Gasteiger charge is -1.86. The van der Waals surface area contributed by atoms with E-state index in [0.717, 1.165) is 4.88 Å². The molecule has 1 aliphatic carbocycles. The molecule has 5 heteroatoms. The Bertz CT molecular complexity index is 453. The lowest BCUT2D eigenvalue weighted by atomic mass is 10.2. The molecule has 0 radical (unpaired) electrons. The molecule has 2 aromatic rings. The maximum atomic E-state index is 5.40. The Balaban J connectivity index is 2.05. The van der Waals surface area contributed by atoms with E-state index >= 15 is 0 Å². The van der Waals surface area contributed by atoms with Gasteiger partial charge >= 0.3 is 0 Å². The van der Waals surface area contributed by atoms with Gasteiger partial charge in [0.2, 0.25) is 0 Å². The first-order valence-corrected chi connectivity index (χ1v) is 5.36. The number of nitrogens with zero attached hydrogens (tertiary/aromatic N) is 2. The van der Waals surface area contributed by atoms with Gasteiger partial charge in [0.05, 0.1) is 4.88 Å². The first kappa shape index (κ1) is 7.99. The van der Waals surface area contributed by atoms with Gasteiger partial charge in [-0.05, 0) is 36.0 Å². The highest BCUT2D eigenvalue weighted by Crippen LogP contribution is 2.35. The van der Waals surface area contributed by atoms with Gasteiger partial charge in [-0.1, -0.05) is 0 Å². The van der Waals surface area contributed by atoms with Gasteiger partial charge in [0.25, 0.3) is 11.8 Å². The second-order valence-electron chi connectivity index (χ2n) is 3.37. The van der Waals surface area contributed by atoms with Crippen LogP contribution < -0.4 is 5.73 Å². The molecule has 14 heavy (non-hydrogen) atoms. The zero-order valence-corrected chi connectivity index (χ0v) is 8.30. The van der Waals surface area contributed by atoms with Crippen molar-refractivity contribution < 1.29 is 4.52 Å². The summed E-state index contributed by atoms with van der Waals surface area (Å²) in [4.78, 5) is 6.50. The van der Waals surface area contributed by atoms with Crippen molar-refractivity contribution in [1.29, 1.82) is 0 Å². The fourth-order valence-electron chi connectivity index (χ4n) is 1.77. The van der Waals surface area contributed by atoms with Gasteiger partial charge in [-0.3, -0.25) is 0 Å². The quantitative estimate of drug-likeness (QED) is 0.775. The summed E-state index contributed by atoms with van der Waals surface area (Å²) in [6.45, 7) is 0. The molecular formula is C9H9N3OS. The summed E-state index contributed by atoms with van der Waals surface area (Å²) in [6.07, 6.45) is 3.63. The molecule has 0 aliphatic heterocycles. The van der Waals surface area contributed by atoms with Gasteiger partial charge < -0.3 is 10.3 Å². The summed E-state index contributed by atoms with van der Waals surface area (Å²) in [5, 5.41) is 3.57. The molecule has 0 saturated heterocycles. The van der Waals surface area contributed by atoms with Crippen molar-refractivity contribution in [3.63, 3.8) is 0 Å². The Hall–Kier alpha value is -1.36. The molecule has 3 rings (SSSR count). The molecule has 0 spiro atoms. The minimum atomic E-state index is 0.202. The lowest BCUT2D eigenvalue weighted by Crippen LogP contribution is -1.84. The van der Waals surface area contributed by atoms with Gasteiger partial charge in [0.15, 0.2) is 0 Å². The van der Waals surface area contributed by atoms with Crippen molar-refractivity contribution in [1.82, 2.24) is 10.1 Å². The average Bonchev–Trinajstić information content (AvgIpc) is 2.75. The van der Waals surface area contributed by atoms with Crippen LogP contribution in [0.1, 0.15) is 16.9 Å². The molecule has 0 bridgehead atoms. The van der Waals surface area contributed by atoms with Crippen molar-refractivity contribution >= 4 is 17.3 Å². The number of fused-ring (bicyclic) bond motifs is 1. The number of hydrogen-bond acceptors (Lipinski definition) is 5. The van der Waals surface area contributed by atoms with Crippen LogP contribution in [0.4, 0.5) is 5.95 Å².